The van der Waals surface area contributed by atoms with Crippen LogP contribution in [0.25, 0.3) is 16.7 Å². The van der Waals surface area contributed by atoms with Gasteiger partial charge in [0.1, 0.15) is 6.66 Å². The van der Waals surface area contributed by atoms with Gasteiger partial charge in [-0.15, -0.1) is 0 Å². The third-order valence-corrected chi connectivity index (χ3v) is 4.31. The molecule has 2 aromatic heterocycles. The zero-order chi connectivity index (χ0) is 14.3. The highest BCUT2D eigenvalue weighted by Crippen LogP contribution is 2.20. The lowest BCUT2D eigenvalue weighted by atomic mass is 10.3. The Hall–Kier alpha value is -2.26. The second-order valence-corrected chi connectivity index (χ2v) is 6.07. The van der Waals surface area contributed by atoms with E-state index < -0.39 is 7.80 Å². The van der Waals surface area contributed by atoms with Crippen LogP contribution < -0.4 is 11.0 Å². The molecule has 0 fully saturated rings. The van der Waals surface area contributed by atoms with E-state index in [1.165, 1.54) is 0 Å². The van der Waals surface area contributed by atoms with E-state index in [0.717, 1.165) is 16.3 Å². The Balaban J connectivity index is 2.41. The summed E-state index contributed by atoms with van der Waals surface area (Å²) in [4.78, 5) is 16.4. The third-order valence-electron chi connectivity index (χ3n) is 3.31. The van der Waals surface area contributed by atoms with Crippen LogP contribution in [0.5, 0.6) is 0 Å². The molecule has 1 atom stereocenters. The Bertz CT molecular complexity index is 865. The molecular formula is C14H13N3O2P+. The van der Waals surface area contributed by atoms with Crippen molar-refractivity contribution >= 4 is 24.1 Å². The number of fused-ring (bicyclic) bond motifs is 1. The van der Waals surface area contributed by atoms with Crippen LogP contribution in [0.4, 0.5) is 0 Å². The van der Waals surface area contributed by atoms with Crippen LogP contribution in [0.3, 0.4) is 0 Å². The molecular weight excluding hydrogens is 273 g/mol. The van der Waals surface area contributed by atoms with Crippen LogP contribution in [-0.4, -0.2) is 20.8 Å². The Morgan fingerprint density at radius 2 is 2.00 bits per heavy atom. The first-order chi connectivity index (χ1) is 9.59. The van der Waals surface area contributed by atoms with Crippen molar-refractivity contribution in [2.75, 3.05) is 6.66 Å². The van der Waals surface area contributed by atoms with Gasteiger partial charge in [0.2, 0.25) is 0 Å². The van der Waals surface area contributed by atoms with Gasteiger partial charge in [-0.05, 0) is 24.3 Å². The second-order valence-electron chi connectivity index (χ2n) is 4.56. The number of aryl methyl sites for hydroxylation is 1. The average Bonchev–Trinajstić information content (AvgIpc) is 2.71. The van der Waals surface area contributed by atoms with Crippen molar-refractivity contribution in [2.24, 2.45) is 7.05 Å². The quantitative estimate of drug-likeness (QED) is 0.675. The highest BCUT2D eigenvalue weighted by Gasteiger charge is 2.18. The van der Waals surface area contributed by atoms with E-state index in [-0.39, 0.29) is 5.69 Å². The Kier molecular flexibility index (Phi) is 2.99. The molecule has 0 N–H and O–H groups in total. The number of nitrogens with zero attached hydrogens (tertiary/aromatic N) is 3. The molecule has 3 rings (SSSR count). The summed E-state index contributed by atoms with van der Waals surface area (Å²) in [6.07, 6.45) is 3.30. The summed E-state index contributed by atoms with van der Waals surface area (Å²) in [5.41, 5.74) is 2.11. The van der Waals surface area contributed by atoms with Crippen LogP contribution in [0.2, 0.25) is 0 Å². The van der Waals surface area contributed by atoms with Crippen molar-refractivity contribution in [3.05, 3.63) is 53.2 Å². The van der Waals surface area contributed by atoms with Gasteiger partial charge < -0.3 is 0 Å². The van der Waals surface area contributed by atoms with Gasteiger partial charge in [-0.2, -0.15) is 0 Å². The van der Waals surface area contributed by atoms with Crippen LogP contribution >= 0.6 is 7.80 Å². The minimum Gasteiger partial charge on any atom is -0.295 e. The minimum absolute atomic E-state index is 0.142. The van der Waals surface area contributed by atoms with Gasteiger partial charge in [-0.3, -0.25) is 14.1 Å². The van der Waals surface area contributed by atoms with Gasteiger partial charge in [0.05, 0.1) is 22.9 Å². The molecule has 0 aliphatic carbocycles. The summed E-state index contributed by atoms with van der Waals surface area (Å²) >= 11 is 0. The molecule has 5 nitrogen and oxygen atoms in total. The number of rotatable bonds is 2. The van der Waals surface area contributed by atoms with Gasteiger partial charge in [0.25, 0.3) is 0 Å². The molecule has 100 valence electrons. The monoisotopic (exact) mass is 286 g/mol. The van der Waals surface area contributed by atoms with Crippen LogP contribution in [0.15, 0.2) is 47.5 Å². The summed E-state index contributed by atoms with van der Waals surface area (Å²) in [5.74, 6) is 0. The first kappa shape index (κ1) is 12.8. The number of benzene rings is 1. The van der Waals surface area contributed by atoms with Gasteiger partial charge in [-0.1, -0.05) is 4.57 Å². The third kappa shape index (κ3) is 1.87. The fourth-order valence-electron chi connectivity index (χ4n) is 2.26. The van der Waals surface area contributed by atoms with Gasteiger partial charge in [0.15, 0.2) is 5.30 Å². The maximum atomic E-state index is 12.4. The number of pyridine rings is 1. The van der Waals surface area contributed by atoms with E-state index in [0.29, 0.717) is 5.69 Å². The standard InChI is InChI=1S/C14H13N3O2P/c1-16-12-6-5-11(20(2)19)8-13(12)17(14(16)18)10-4-3-7-15-9-10/h3-9H,1-2H3/q+1. The molecule has 6 heteroatoms. The summed E-state index contributed by atoms with van der Waals surface area (Å²) in [7, 11) is 0.285. The highest BCUT2D eigenvalue weighted by atomic mass is 31.1. The van der Waals surface area contributed by atoms with Crippen molar-refractivity contribution in [3.8, 4) is 5.69 Å². The van der Waals surface area contributed by atoms with E-state index in [9.17, 15) is 9.36 Å². The molecule has 1 aromatic carbocycles. The molecule has 0 radical (unpaired) electrons. The lowest BCUT2D eigenvalue weighted by Crippen LogP contribution is -2.20. The molecule has 0 bridgehead atoms. The van der Waals surface area contributed by atoms with Gasteiger partial charge >= 0.3 is 13.5 Å². The molecule has 1 unspecified atom stereocenters. The average molecular weight is 286 g/mol. The number of aromatic nitrogens is 3. The minimum atomic E-state index is -1.44. The fourth-order valence-corrected chi connectivity index (χ4v) is 2.85. The number of hydrogen-bond acceptors (Lipinski definition) is 3. The van der Waals surface area contributed by atoms with Gasteiger partial charge in [-0.25, -0.2) is 4.79 Å². The lowest BCUT2D eigenvalue weighted by molar-refractivity contribution is 0.596. The zero-order valence-corrected chi connectivity index (χ0v) is 12.0. The topological polar surface area (TPSA) is 56.9 Å². The largest absolute Gasteiger partial charge is 0.373 e. The lowest BCUT2D eigenvalue weighted by Gasteiger charge is -2.01. The molecule has 0 aliphatic heterocycles. The Labute approximate surface area is 116 Å². The normalized spacial score (nSPS) is 11.8. The first-order valence-corrected chi connectivity index (χ1v) is 7.83. The van der Waals surface area contributed by atoms with Crippen molar-refractivity contribution in [1.29, 1.82) is 0 Å². The molecule has 0 aliphatic rings. The predicted octanol–water partition coefficient (Wildman–Crippen LogP) is 1.81. The first-order valence-electron chi connectivity index (χ1n) is 6.12. The van der Waals surface area contributed by atoms with E-state index in [2.05, 4.69) is 4.98 Å². The number of hydrogen-bond donors (Lipinski definition) is 0. The number of imidazole rings is 1. The predicted molar refractivity (Wildman–Crippen MR) is 79.5 cm³/mol. The zero-order valence-electron chi connectivity index (χ0n) is 11.1. The summed E-state index contributed by atoms with van der Waals surface area (Å²) in [6, 6.07) is 9.05. The molecule has 2 heterocycles. The molecule has 20 heavy (non-hydrogen) atoms. The molecule has 0 spiro atoms. The highest BCUT2D eigenvalue weighted by molar-refractivity contribution is 7.52. The maximum absolute atomic E-state index is 12.4. The smallest absolute Gasteiger partial charge is 0.295 e. The van der Waals surface area contributed by atoms with E-state index in [4.69, 9.17) is 0 Å². The second kappa shape index (κ2) is 4.69. The molecule has 0 saturated carbocycles. The van der Waals surface area contributed by atoms with Crippen molar-refractivity contribution in [1.82, 2.24) is 14.1 Å². The molecule has 0 amide bonds. The summed E-state index contributed by atoms with van der Waals surface area (Å²) < 4.78 is 14.8. The molecule has 3 aromatic rings. The van der Waals surface area contributed by atoms with Crippen molar-refractivity contribution in [2.45, 2.75) is 0 Å². The van der Waals surface area contributed by atoms with E-state index >= 15 is 0 Å². The summed E-state index contributed by atoms with van der Waals surface area (Å²) in [6.45, 7) is 1.66. The Morgan fingerprint density at radius 1 is 1.20 bits per heavy atom. The van der Waals surface area contributed by atoms with E-state index in [1.54, 1.807) is 47.4 Å². The maximum Gasteiger partial charge on any atom is 0.373 e. The SMILES string of the molecule is Cn1c(=O)n(-c2cccnc2)c2cc([P+](C)=O)ccc21. The van der Waals surface area contributed by atoms with Crippen molar-refractivity contribution < 1.29 is 4.57 Å². The Morgan fingerprint density at radius 3 is 2.65 bits per heavy atom. The summed E-state index contributed by atoms with van der Waals surface area (Å²) in [5, 5.41) is 0.732. The van der Waals surface area contributed by atoms with Crippen LogP contribution in [0.1, 0.15) is 0 Å². The van der Waals surface area contributed by atoms with Crippen LogP contribution in [0, 0.1) is 0 Å². The van der Waals surface area contributed by atoms with Gasteiger partial charge in [0, 0.05) is 19.3 Å². The van der Waals surface area contributed by atoms with E-state index in [1.807, 2.05) is 18.2 Å². The molecule has 0 saturated heterocycles. The fraction of sp³-hybridized carbons (Fsp3) is 0.143. The van der Waals surface area contributed by atoms with Crippen molar-refractivity contribution in [3.63, 3.8) is 0 Å². The van der Waals surface area contributed by atoms with Crippen LogP contribution in [-0.2, 0) is 11.6 Å².